The summed E-state index contributed by atoms with van der Waals surface area (Å²) in [6.45, 7) is 1.67. The molecule has 0 spiro atoms. The molecule has 2 heterocycles. The fourth-order valence-electron chi connectivity index (χ4n) is 4.06. The molecule has 1 amide bonds. The molecular formula is C19H23Cl2N3O2. The first-order valence-electron chi connectivity index (χ1n) is 8.84. The number of hydrogen-bond donors (Lipinski definition) is 1. The Balaban J connectivity index is 0.00000196. The molecule has 4 rings (SSSR count). The van der Waals surface area contributed by atoms with Gasteiger partial charge >= 0.3 is 0 Å². The average Bonchev–Trinajstić information content (AvgIpc) is 3.31. The summed E-state index contributed by atoms with van der Waals surface area (Å²) in [6, 6.07) is 7.68. The molecule has 7 heteroatoms. The molecule has 0 bridgehead atoms. The minimum absolute atomic E-state index is 0. The maximum Gasteiger partial charge on any atom is 0.223 e. The van der Waals surface area contributed by atoms with E-state index in [-0.39, 0.29) is 24.4 Å². The Hall–Kier alpha value is -1.56. The first-order chi connectivity index (χ1) is 12.1. The van der Waals surface area contributed by atoms with Gasteiger partial charge in [-0.25, -0.2) is 4.98 Å². The summed E-state index contributed by atoms with van der Waals surface area (Å²) in [5.74, 6) is 2.54. The molecule has 2 fully saturated rings. The average molecular weight is 396 g/mol. The van der Waals surface area contributed by atoms with E-state index in [9.17, 15) is 4.79 Å². The summed E-state index contributed by atoms with van der Waals surface area (Å²) in [7, 11) is 0. The Labute approximate surface area is 164 Å². The third-order valence-corrected chi connectivity index (χ3v) is 5.75. The molecule has 140 valence electrons. The summed E-state index contributed by atoms with van der Waals surface area (Å²) in [5.41, 5.74) is 7.07. The quantitative estimate of drug-likeness (QED) is 0.858. The molecule has 1 aromatic carbocycles. The van der Waals surface area contributed by atoms with Crippen LogP contribution in [0, 0.1) is 11.8 Å². The van der Waals surface area contributed by atoms with Crippen LogP contribution in [0.25, 0.3) is 11.3 Å². The van der Waals surface area contributed by atoms with Gasteiger partial charge in [-0.15, -0.1) is 12.4 Å². The fraction of sp³-hybridized carbons (Fsp3) is 0.474. The number of aryl methyl sites for hydroxylation is 1. The van der Waals surface area contributed by atoms with Crippen molar-refractivity contribution in [1.82, 2.24) is 9.88 Å². The predicted molar refractivity (Wildman–Crippen MR) is 103 cm³/mol. The van der Waals surface area contributed by atoms with Gasteiger partial charge < -0.3 is 15.1 Å². The molecule has 1 aromatic heterocycles. The number of fused-ring (bicyclic) bond motifs is 1. The monoisotopic (exact) mass is 395 g/mol. The fourth-order valence-corrected chi connectivity index (χ4v) is 4.18. The molecule has 1 saturated heterocycles. The number of benzene rings is 1. The van der Waals surface area contributed by atoms with Crippen LogP contribution in [-0.2, 0) is 11.2 Å². The summed E-state index contributed by atoms with van der Waals surface area (Å²) in [5, 5.41) is 0.684. The molecule has 3 unspecified atom stereocenters. The molecule has 0 radical (unpaired) electrons. The number of nitrogens with two attached hydrogens (primary N) is 1. The lowest BCUT2D eigenvalue weighted by Crippen LogP contribution is -2.33. The Morgan fingerprint density at radius 3 is 2.77 bits per heavy atom. The maximum absolute atomic E-state index is 12.5. The van der Waals surface area contributed by atoms with Crippen molar-refractivity contribution in [2.24, 2.45) is 17.6 Å². The van der Waals surface area contributed by atoms with Crippen LogP contribution in [0.1, 0.15) is 25.2 Å². The van der Waals surface area contributed by atoms with E-state index < -0.39 is 0 Å². The second-order valence-electron chi connectivity index (χ2n) is 7.09. The molecule has 1 saturated carbocycles. The number of halogens is 2. The molecule has 5 nitrogen and oxygen atoms in total. The van der Waals surface area contributed by atoms with Gasteiger partial charge in [-0.1, -0.05) is 11.6 Å². The zero-order valence-corrected chi connectivity index (χ0v) is 16.0. The number of carbonyl (C=O) groups is 1. The first-order valence-corrected chi connectivity index (χ1v) is 9.22. The predicted octanol–water partition coefficient (Wildman–Crippen LogP) is 3.55. The van der Waals surface area contributed by atoms with Crippen LogP contribution in [0.4, 0.5) is 0 Å². The van der Waals surface area contributed by atoms with Crippen LogP contribution in [0.3, 0.4) is 0 Å². The highest BCUT2D eigenvalue weighted by atomic mass is 35.5. The number of carbonyl (C=O) groups excluding carboxylic acids is 1. The maximum atomic E-state index is 12.5. The minimum Gasteiger partial charge on any atom is -0.441 e. The summed E-state index contributed by atoms with van der Waals surface area (Å²) in [4.78, 5) is 18.7. The van der Waals surface area contributed by atoms with Crippen LogP contribution in [0.5, 0.6) is 0 Å². The Bertz CT molecular complexity index is 762. The van der Waals surface area contributed by atoms with E-state index in [0.29, 0.717) is 41.4 Å². The van der Waals surface area contributed by atoms with Crippen molar-refractivity contribution in [3.05, 3.63) is 41.4 Å². The van der Waals surface area contributed by atoms with Gasteiger partial charge in [0.15, 0.2) is 11.7 Å². The topological polar surface area (TPSA) is 72.4 Å². The number of likely N-dealkylation sites (tertiary alicyclic amines) is 1. The van der Waals surface area contributed by atoms with Crippen LogP contribution < -0.4 is 5.73 Å². The standard InChI is InChI=1S/C19H22ClN3O2.ClH/c20-14-4-1-12(2-5-14)17-9-22-18(25-17)7-8-19(24)23-10-13-3-6-16(21)15(13)11-23;/h1-2,4-5,9,13,15-16H,3,6-8,10-11,21H2;1H. The highest BCUT2D eigenvalue weighted by Gasteiger charge is 2.42. The molecule has 1 aliphatic carbocycles. The Morgan fingerprint density at radius 1 is 1.27 bits per heavy atom. The lowest BCUT2D eigenvalue weighted by Gasteiger charge is -2.18. The van der Waals surface area contributed by atoms with E-state index in [0.717, 1.165) is 31.5 Å². The van der Waals surface area contributed by atoms with Crippen molar-refractivity contribution in [1.29, 1.82) is 0 Å². The lowest BCUT2D eigenvalue weighted by atomic mass is 9.98. The number of amides is 1. The van der Waals surface area contributed by atoms with E-state index in [2.05, 4.69) is 4.98 Å². The SMILES string of the molecule is Cl.NC1CCC2CN(C(=O)CCc3ncc(-c4ccc(Cl)cc4)o3)CC12. The van der Waals surface area contributed by atoms with E-state index in [4.69, 9.17) is 21.8 Å². The van der Waals surface area contributed by atoms with Crippen molar-refractivity contribution in [3.8, 4) is 11.3 Å². The number of aromatic nitrogens is 1. The lowest BCUT2D eigenvalue weighted by molar-refractivity contribution is -0.130. The van der Waals surface area contributed by atoms with Gasteiger partial charge in [-0.3, -0.25) is 4.79 Å². The molecule has 2 N–H and O–H groups in total. The largest absolute Gasteiger partial charge is 0.441 e. The molecule has 2 aliphatic rings. The van der Waals surface area contributed by atoms with Crippen LogP contribution >= 0.6 is 24.0 Å². The first kappa shape index (κ1) is 19.2. The van der Waals surface area contributed by atoms with Crippen molar-refractivity contribution in [2.75, 3.05) is 13.1 Å². The number of hydrogen-bond acceptors (Lipinski definition) is 4. The summed E-state index contributed by atoms with van der Waals surface area (Å²) < 4.78 is 5.77. The van der Waals surface area contributed by atoms with Gasteiger partial charge in [0.25, 0.3) is 0 Å². The van der Waals surface area contributed by atoms with Crippen molar-refractivity contribution < 1.29 is 9.21 Å². The normalized spacial score (nSPS) is 24.4. The molecule has 3 atom stereocenters. The van der Waals surface area contributed by atoms with Crippen molar-refractivity contribution >= 4 is 29.9 Å². The second kappa shape index (κ2) is 7.99. The smallest absolute Gasteiger partial charge is 0.223 e. The third-order valence-electron chi connectivity index (χ3n) is 5.50. The van der Waals surface area contributed by atoms with Crippen LogP contribution in [-0.4, -0.2) is 34.9 Å². The van der Waals surface area contributed by atoms with Gasteiger partial charge in [-0.05, 0) is 48.9 Å². The van der Waals surface area contributed by atoms with Crippen LogP contribution in [0.2, 0.25) is 5.02 Å². The van der Waals surface area contributed by atoms with Gasteiger partial charge in [0, 0.05) is 42.6 Å². The van der Waals surface area contributed by atoms with E-state index in [1.165, 1.54) is 0 Å². The highest BCUT2D eigenvalue weighted by molar-refractivity contribution is 6.30. The van der Waals surface area contributed by atoms with E-state index in [1.807, 2.05) is 29.2 Å². The summed E-state index contributed by atoms with van der Waals surface area (Å²) >= 11 is 5.90. The molecule has 1 aliphatic heterocycles. The number of rotatable bonds is 4. The molecule has 26 heavy (non-hydrogen) atoms. The zero-order chi connectivity index (χ0) is 17.4. The zero-order valence-electron chi connectivity index (χ0n) is 14.4. The van der Waals surface area contributed by atoms with Crippen LogP contribution in [0.15, 0.2) is 34.9 Å². The highest BCUT2D eigenvalue weighted by Crippen LogP contribution is 2.37. The third kappa shape index (κ3) is 3.90. The van der Waals surface area contributed by atoms with Gasteiger partial charge in [0.05, 0.1) is 6.20 Å². The van der Waals surface area contributed by atoms with E-state index in [1.54, 1.807) is 6.20 Å². The second-order valence-corrected chi connectivity index (χ2v) is 7.53. The number of oxazole rings is 1. The Morgan fingerprint density at radius 2 is 2.04 bits per heavy atom. The minimum atomic E-state index is 0. The number of nitrogens with zero attached hydrogens (tertiary/aromatic N) is 2. The van der Waals surface area contributed by atoms with Gasteiger partial charge in [0.2, 0.25) is 5.91 Å². The van der Waals surface area contributed by atoms with Crippen molar-refractivity contribution in [3.63, 3.8) is 0 Å². The van der Waals surface area contributed by atoms with Crippen molar-refractivity contribution in [2.45, 2.75) is 31.7 Å². The Kier molecular flexibility index (Phi) is 5.90. The molecular weight excluding hydrogens is 373 g/mol. The summed E-state index contributed by atoms with van der Waals surface area (Å²) in [6.07, 6.45) is 4.89. The van der Waals surface area contributed by atoms with Gasteiger partial charge in [0.1, 0.15) is 0 Å². The van der Waals surface area contributed by atoms with Gasteiger partial charge in [-0.2, -0.15) is 0 Å². The molecule has 2 aromatic rings. The van der Waals surface area contributed by atoms with E-state index >= 15 is 0 Å².